The van der Waals surface area contributed by atoms with Crippen molar-refractivity contribution < 1.29 is 14.6 Å². The first-order chi connectivity index (χ1) is 15.0. The molecular formula is C26H26N2O3. The van der Waals surface area contributed by atoms with Crippen LogP contribution in [0.2, 0.25) is 0 Å². The van der Waals surface area contributed by atoms with Crippen molar-refractivity contribution in [1.82, 2.24) is 9.88 Å². The molecule has 1 unspecified atom stereocenters. The molecule has 0 saturated heterocycles. The number of methoxy groups -OCH3 is 1. The van der Waals surface area contributed by atoms with Crippen LogP contribution < -0.4 is 10.1 Å². The average molecular weight is 415 g/mol. The van der Waals surface area contributed by atoms with E-state index in [1.807, 2.05) is 66.7 Å². The molecule has 1 atom stereocenters. The molecule has 31 heavy (non-hydrogen) atoms. The minimum absolute atomic E-state index is 0.406. The van der Waals surface area contributed by atoms with Gasteiger partial charge in [-0.25, -0.2) is 4.79 Å². The summed E-state index contributed by atoms with van der Waals surface area (Å²) >= 11 is 0. The number of carboxylic acid groups (broad SMARTS) is 1. The summed E-state index contributed by atoms with van der Waals surface area (Å²) in [6.07, 6.45) is 2.09. The lowest BCUT2D eigenvalue weighted by Crippen LogP contribution is -2.46. The maximum Gasteiger partial charge on any atom is 0.328 e. The second-order valence-corrected chi connectivity index (χ2v) is 7.80. The van der Waals surface area contributed by atoms with E-state index in [-0.39, 0.29) is 0 Å². The van der Waals surface area contributed by atoms with E-state index >= 15 is 0 Å². The lowest BCUT2D eigenvalue weighted by atomic mass is 9.92. The van der Waals surface area contributed by atoms with Crippen molar-refractivity contribution in [3.05, 3.63) is 102 Å². The summed E-state index contributed by atoms with van der Waals surface area (Å²) in [6, 6.07) is 25.6. The fourth-order valence-corrected chi connectivity index (χ4v) is 3.87. The fourth-order valence-electron chi connectivity index (χ4n) is 3.87. The monoisotopic (exact) mass is 414 g/mol. The molecule has 2 N–H and O–H groups in total. The summed E-state index contributed by atoms with van der Waals surface area (Å²) in [6.45, 7) is 2.84. The van der Waals surface area contributed by atoms with E-state index in [9.17, 15) is 9.90 Å². The molecule has 3 aromatic carbocycles. The van der Waals surface area contributed by atoms with E-state index in [1.165, 1.54) is 5.56 Å². The van der Waals surface area contributed by atoms with E-state index in [0.717, 1.165) is 28.8 Å². The smallest absolute Gasteiger partial charge is 0.328 e. The van der Waals surface area contributed by atoms with Crippen LogP contribution in [-0.4, -0.2) is 22.8 Å². The molecule has 5 heteroatoms. The Morgan fingerprint density at radius 2 is 1.71 bits per heavy atom. The van der Waals surface area contributed by atoms with E-state index in [2.05, 4.69) is 28.2 Å². The van der Waals surface area contributed by atoms with Crippen LogP contribution in [0.15, 0.2) is 85.1 Å². The van der Waals surface area contributed by atoms with Crippen LogP contribution in [0.3, 0.4) is 0 Å². The minimum atomic E-state index is -1.20. The number of nitrogens with zero attached hydrogens (tertiary/aromatic N) is 1. The molecule has 0 aliphatic carbocycles. The molecule has 0 fully saturated rings. The zero-order chi connectivity index (χ0) is 21.8. The molecule has 5 nitrogen and oxygen atoms in total. The van der Waals surface area contributed by atoms with Gasteiger partial charge in [-0.2, -0.15) is 0 Å². The Morgan fingerprint density at radius 1 is 1.03 bits per heavy atom. The molecule has 0 spiro atoms. The predicted molar refractivity (Wildman–Crippen MR) is 122 cm³/mol. The number of aromatic nitrogens is 1. The van der Waals surface area contributed by atoms with Crippen molar-refractivity contribution in [3.8, 4) is 5.75 Å². The molecular weight excluding hydrogens is 388 g/mol. The maximum atomic E-state index is 12.2. The second-order valence-electron chi connectivity index (χ2n) is 7.80. The van der Waals surface area contributed by atoms with Gasteiger partial charge in [-0.05, 0) is 41.8 Å². The van der Waals surface area contributed by atoms with E-state index < -0.39 is 11.5 Å². The van der Waals surface area contributed by atoms with Crippen LogP contribution in [0.1, 0.15) is 23.6 Å². The number of hydrogen-bond donors (Lipinski definition) is 2. The van der Waals surface area contributed by atoms with Crippen molar-refractivity contribution in [2.75, 3.05) is 7.11 Å². The highest BCUT2D eigenvalue weighted by Crippen LogP contribution is 2.28. The van der Waals surface area contributed by atoms with Gasteiger partial charge in [0.15, 0.2) is 0 Å². The Balaban J connectivity index is 1.70. The summed E-state index contributed by atoms with van der Waals surface area (Å²) < 4.78 is 7.63. The summed E-state index contributed by atoms with van der Waals surface area (Å²) in [5, 5.41) is 14.3. The van der Waals surface area contributed by atoms with Gasteiger partial charge in [0.25, 0.3) is 0 Å². The number of fused-ring (bicyclic) bond motifs is 1. The summed E-state index contributed by atoms with van der Waals surface area (Å²) in [5.74, 6) is -0.139. The number of hydrogen-bond acceptors (Lipinski definition) is 3. The highest BCUT2D eigenvalue weighted by molar-refractivity contribution is 5.86. The van der Waals surface area contributed by atoms with Crippen LogP contribution in [0.4, 0.5) is 0 Å². The lowest BCUT2D eigenvalue weighted by molar-refractivity contribution is -0.144. The van der Waals surface area contributed by atoms with Crippen LogP contribution >= 0.6 is 0 Å². The third kappa shape index (κ3) is 4.18. The first-order valence-electron chi connectivity index (χ1n) is 10.2. The molecule has 0 aliphatic rings. The Bertz CT molecular complexity index is 1190. The second kappa shape index (κ2) is 8.66. The topological polar surface area (TPSA) is 63.5 Å². The average Bonchev–Trinajstić information content (AvgIpc) is 3.15. The Kier molecular flexibility index (Phi) is 5.78. The van der Waals surface area contributed by atoms with Gasteiger partial charge in [-0.1, -0.05) is 60.7 Å². The lowest BCUT2D eigenvalue weighted by Gasteiger charge is -2.27. The highest BCUT2D eigenvalue weighted by atomic mass is 16.5. The van der Waals surface area contributed by atoms with Crippen LogP contribution in [0.5, 0.6) is 5.75 Å². The SMILES string of the molecule is COc1ccc2c(c1)c(CNC(C)(C(=O)O)c1ccccc1)cn2Cc1ccccc1. The zero-order valence-electron chi connectivity index (χ0n) is 17.7. The van der Waals surface area contributed by atoms with Crippen molar-refractivity contribution >= 4 is 16.9 Å². The normalized spacial score (nSPS) is 13.1. The third-order valence-corrected chi connectivity index (χ3v) is 5.78. The molecule has 1 aromatic heterocycles. The van der Waals surface area contributed by atoms with Crippen molar-refractivity contribution in [2.24, 2.45) is 0 Å². The number of aliphatic carboxylic acids is 1. The number of carboxylic acids is 1. The molecule has 158 valence electrons. The molecule has 4 aromatic rings. The largest absolute Gasteiger partial charge is 0.497 e. The molecule has 0 radical (unpaired) electrons. The van der Waals surface area contributed by atoms with E-state index in [4.69, 9.17) is 4.74 Å². The van der Waals surface area contributed by atoms with Gasteiger partial charge in [-0.15, -0.1) is 0 Å². The zero-order valence-corrected chi connectivity index (χ0v) is 17.7. The molecule has 0 saturated carbocycles. The highest BCUT2D eigenvalue weighted by Gasteiger charge is 2.34. The number of carbonyl (C=O) groups is 1. The van der Waals surface area contributed by atoms with Gasteiger partial charge >= 0.3 is 5.97 Å². The fraction of sp³-hybridized carbons (Fsp3) is 0.192. The quantitative estimate of drug-likeness (QED) is 0.435. The predicted octanol–water partition coefficient (Wildman–Crippen LogP) is 4.79. The summed E-state index contributed by atoms with van der Waals surface area (Å²) in [7, 11) is 1.65. The molecule has 4 rings (SSSR count). The summed E-state index contributed by atoms with van der Waals surface area (Å²) in [4.78, 5) is 12.2. The van der Waals surface area contributed by atoms with Gasteiger partial charge in [0.1, 0.15) is 11.3 Å². The Hall–Kier alpha value is -3.57. The van der Waals surface area contributed by atoms with E-state index in [0.29, 0.717) is 12.1 Å². The first-order valence-corrected chi connectivity index (χ1v) is 10.2. The van der Waals surface area contributed by atoms with Crippen molar-refractivity contribution in [3.63, 3.8) is 0 Å². The molecule has 1 heterocycles. The number of nitrogens with one attached hydrogen (secondary N) is 1. The van der Waals surface area contributed by atoms with Crippen LogP contribution in [0, 0.1) is 0 Å². The first kappa shape index (κ1) is 20.7. The Labute approximate surface area is 181 Å². The van der Waals surface area contributed by atoms with Gasteiger partial charge in [0.05, 0.1) is 7.11 Å². The van der Waals surface area contributed by atoms with Crippen molar-refractivity contribution in [2.45, 2.75) is 25.6 Å². The molecule has 0 amide bonds. The number of benzene rings is 3. The Morgan fingerprint density at radius 3 is 2.35 bits per heavy atom. The molecule has 0 bridgehead atoms. The number of rotatable bonds is 8. The van der Waals surface area contributed by atoms with Gasteiger partial charge in [0.2, 0.25) is 0 Å². The molecule has 0 aliphatic heterocycles. The standard InChI is InChI=1S/C26H26N2O3/c1-26(25(29)30,21-11-7-4-8-12-21)27-16-20-18-28(17-19-9-5-3-6-10-19)24-14-13-22(31-2)15-23(20)24/h3-15,18,27H,16-17H2,1-2H3,(H,29,30). The van der Waals surface area contributed by atoms with Crippen LogP contribution in [0.25, 0.3) is 10.9 Å². The van der Waals surface area contributed by atoms with Gasteiger partial charge < -0.3 is 14.4 Å². The third-order valence-electron chi connectivity index (χ3n) is 5.78. The van der Waals surface area contributed by atoms with E-state index in [1.54, 1.807) is 14.0 Å². The summed E-state index contributed by atoms with van der Waals surface area (Å²) in [5.41, 5.74) is 2.82. The maximum absolute atomic E-state index is 12.2. The van der Waals surface area contributed by atoms with Gasteiger partial charge in [0, 0.05) is 30.2 Å². The van der Waals surface area contributed by atoms with Crippen LogP contribution in [-0.2, 0) is 23.4 Å². The number of ether oxygens (including phenoxy) is 1. The van der Waals surface area contributed by atoms with Crippen molar-refractivity contribution in [1.29, 1.82) is 0 Å². The minimum Gasteiger partial charge on any atom is -0.497 e. The van der Waals surface area contributed by atoms with Gasteiger partial charge in [-0.3, -0.25) is 5.32 Å².